The SMILES string of the molecule is CC(C)(C)OC(=O)N1C[C@H](N=[N+]=[N-])C[C@@]1(CCCCB1OC(C)(C)C(C)(C)O1)C(=O)OCc1ccccc1. The number of amides is 1. The van der Waals surface area contributed by atoms with Crippen molar-refractivity contribution in [3.8, 4) is 0 Å². The highest BCUT2D eigenvalue weighted by Crippen LogP contribution is 2.40. The van der Waals surface area contributed by atoms with Gasteiger partial charge in [-0.15, -0.1) is 0 Å². The molecule has 0 saturated carbocycles. The number of ether oxygens (including phenoxy) is 2. The minimum atomic E-state index is -1.31. The fourth-order valence-electron chi connectivity index (χ4n) is 4.87. The normalized spacial score (nSPS) is 24.1. The van der Waals surface area contributed by atoms with Gasteiger partial charge in [0.25, 0.3) is 0 Å². The number of rotatable bonds is 9. The van der Waals surface area contributed by atoms with Gasteiger partial charge in [0.1, 0.15) is 17.7 Å². The Hall–Kier alpha value is -2.75. The van der Waals surface area contributed by atoms with Crippen LogP contribution in [0.3, 0.4) is 0 Å². The van der Waals surface area contributed by atoms with Crippen molar-refractivity contribution in [1.29, 1.82) is 0 Å². The van der Waals surface area contributed by atoms with Crippen molar-refractivity contribution in [3.05, 3.63) is 46.3 Å². The van der Waals surface area contributed by atoms with Gasteiger partial charge in [0.2, 0.25) is 0 Å². The first-order chi connectivity index (χ1) is 17.7. The third-order valence-corrected chi connectivity index (χ3v) is 7.49. The van der Waals surface area contributed by atoms with Crippen molar-refractivity contribution in [3.63, 3.8) is 0 Å². The molecule has 1 amide bonds. The molecular weight excluding hydrogens is 487 g/mol. The standard InChI is InChI=1S/C27H41BN4O6/c1-24(2,3)36-23(34)32-18-21(30-31-29)17-27(32,22(33)35-19-20-13-9-8-10-14-20)15-11-12-16-28-37-25(4,5)26(6,7)38-28/h8-10,13-14,21H,11-12,15-19H2,1-7H3/t21-,27+/m1/s1. The van der Waals surface area contributed by atoms with Gasteiger partial charge in [0.05, 0.1) is 17.2 Å². The van der Waals surface area contributed by atoms with Crippen molar-refractivity contribution in [2.75, 3.05) is 6.54 Å². The van der Waals surface area contributed by atoms with Crippen LogP contribution in [0.15, 0.2) is 35.4 Å². The topological polar surface area (TPSA) is 123 Å². The zero-order valence-electron chi connectivity index (χ0n) is 23.7. The van der Waals surface area contributed by atoms with Crippen molar-refractivity contribution < 1.29 is 28.4 Å². The second kappa shape index (κ2) is 11.6. The lowest BCUT2D eigenvalue weighted by Gasteiger charge is -2.37. The summed E-state index contributed by atoms with van der Waals surface area (Å²) in [7, 11) is -0.345. The summed E-state index contributed by atoms with van der Waals surface area (Å²) in [6, 6.07) is 8.80. The molecule has 2 saturated heterocycles. The number of carbonyl (C=O) groups is 2. The van der Waals surface area contributed by atoms with E-state index in [4.69, 9.17) is 24.3 Å². The zero-order valence-corrected chi connectivity index (χ0v) is 23.7. The molecule has 0 spiro atoms. The van der Waals surface area contributed by atoms with E-state index in [0.29, 0.717) is 25.6 Å². The molecule has 11 heteroatoms. The van der Waals surface area contributed by atoms with E-state index in [0.717, 1.165) is 5.56 Å². The lowest BCUT2D eigenvalue weighted by atomic mass is 9.80. The summed E-state index contributed by atoms with van der Waals surface area (Å²) in [6.07, 6.45) is 1.83. The first-order valence-electron chi connectivity index (χ1n) is 13.3. The molecular formula is C27H41BN4O6. The highest BCUT2D eigenvalue weighted by molar-refractivity contribution is 6.45. The molecule has 0 aromatic heterocycles. The van der Waals surface area contributed by atoms with E-state index >= 15 is 0 Å². The van der Waals surface area contributed by atoms with E-state index in [1.807, 2.05) is 58.0 Å². The molecule has 2 heterocycles. The minimum Gasteiger partial charge on any atom is -0.459 e. The maximum absolute atomic E-state index is 13.7. The number of hydrogen-bond donors (Lipinski definition) is 0. The van der Waals surface area contributed by atoms with Gasteiger partial charge in [0.15, 0.2) is 0 Å². The van der Waals surface area contributed by atoms with E-state index in [1.165, 1.54) is 4.90 Å². The number of nitrogens with zero attached hydrogens (tertiary/aromatic N) is 4. The molecule has 2 aliphatic heterocycles. The van der Waals surface area contributed by atoms with Crippen LogP contribution in [-0.4, -0.2) is 59.0 Å². The molecule has 0 aliphatic carbocycles. The molecule has 38 heavy (non-hydrogen) atoms. The van der Waals surface area contributed by atoms with Crippen LogP contribution < -0.4 is 0 Å². The average molecular weight is 528 g/mol. The summed E-state index contributed by atoms with van der Waals surface area (Å²) in [5, 5.41) is 3.86. The summed E-state index contributed by atoms with van der Waals surface area (Å²) in [5.41, 5.74) is 7.03. The molecule has 2 atom stereocenters. The number of azide groups is 1. The molecule has 0 N–H and O–H groups in total. The van der Waals surface area contributed by atoms with Crippen molar-refractivity contribution in [1.82, 2.24) is 4.90 Å². The predicted octanol–water partition coefficient (Wildman–Crippen LogP) is 6.05. The third-order valence-electron chi connectivity index (χ3n) is 7.49. The van der Waals surface area contributed by atoms with Crippen LogP contribution in [0.25, 0.3) is 10.4 Å². The van der Waals surface area contributed by atoms with E-state index in [9.17, 15) is 9.59 Å². The quantitative estimate of drug-likeness (QED) is 0.0960. The molecule has 1 aromatic rings. The molecule has 2 aliphatic rings. The summed E-state index contributed by atoms with van der Waals surface area (Å²) in [5.74, 6) is -0.529. The number of carbonyl (C=O) groups excluding carboxylic acids is 2. The molecule has 3 rings (SSSR count). The molecule has 208 valence electrons. The summed E-state index contributed by atoms with van der Waals surface area (Å²) in [4.78, 5) is 31.4. The van der Waals surface area contributed by atoms with Crippen molar-refractivity contribution >= 4 is 19.2 Å². The molecule has 1 aromatic carbocycles. The Morgan fingerprint density at radius 3 is 2.34 bits per heavy atom. The van der Waals surface area contributed by atoms with Gasteiger partial charge in [0, 0.05) is 11.5 Å². The fraction of sp³-hybridized carbons (Fsp3) is 0.704. The van der Waals surface area contributed by atoms with E-state index < -0.39 is 40.4 Å². The highest BCUT2D eigenvalue weighted by atomic mass is 16.7. The van der Waals surface area contributed by atoms with Gasteiger partial charge in [-0.2, -0.15) is 0 Å². The van der Waals surface area contributed by atoms with Crippen LogP contribution in [0.1, 0.15) is 79.7 Å². The van der Waals surface area contributed by atoms with Gasteiger partial charge < -0.3 is 18.8 Å². The lowest BCUT2D eigenvalue weighted by molar-refractivity contribution is -0.158. The van der Waals surface area contributed by atoms with Gasteiger partial charge in [-0.05, 0) is 78.7 Å². The van der Waals surface area contributed by atoms with Crippen LogP contribution in [-0.2, 0) is 30.2 Å². The maximum Gasteiger partial charge on any atom is 0.457 e. The Kier molecular flexibility index (Phi) is 9.06. The zero-order chi connectivity index (χ0) is 28.2. The van der Waals surface area contributed by atoms with Crippen LogP contribution >= 0.6 is 0 Å². The Morgan fingerprint density at radius 2 is 1.76 bits per heavy atom. The monoisotopic (exact) mass is 528 g/mol. The minimum absolute atomic E-state index is 0.0731. The van der Waals surface area contributed by atoms with E-state index in [1.54, 1.807) is 20.8 Å². The van der Waals surface area contributed by atoms with Gasteiger partial charge in [-0.25, -0.2) is 9.59 Å². The third kappa shape index (κ3) is 7.01. The van der Waals surface area contributed by atoms with Crippen molar-refractivity contribution in [2.24, 2.45) is 5.11 Å². The van der Waals surface area contributed by atoms with Crippen LogP contribution in [0, 0.1) is 0 Å². The smallest absolute Gasteiger partial charge is 0.457 e. The van der Waals surface area contributed by atoms with Crippen molar-refractivity contribution in [2.45, 2.75) is 115 Å². The number of esters is 1. The molecule has 0 bridgehead atoms. The number of likely N-dealkylation sites (tertiary alicyclic amines) is 1. The summed E-state index contributed by atoms with van der Waals surface area (Å²) in [6.45, 7) is 13.5. The summed E-state index contributed by atoms with van der Waals surface area (Å²) >= 11 is 0. The second-order valence-corrected chi connectivity index (χ2v) is 12.2. The maximum atomic E-state index is 13.7. The first-order valence-corrected chi connectivity index (χ1v) is 13.3. The molecule has 10 nitrogen and oxygen atoms in total. The fourth-order valence-corrected chi connectivity index (χ4v) is 4.87. The Morgan fingerprint density at radius 1 is 1.13 bits per heavy atom. The largest absolute Gasteiger partial charge is 0.459 e. The van der Waals surface area contributed by atoms with E-state index in [-0.39, 0.29) is 26.7 Å². The highest BCUT2D eigenvalue weighted by Gasteiger charge is 2.55. The van der Waals surface area contributed by atoms with Gasteiger partial charge in [-0.1, -0.05) is 48.3 Å². The Bertz CT molecular complexity index is 1020. The molecule has 0 unspecified atom stereocenters. The molecule has 0 radical (unpaired) electrons. The van der Waals surface area contributed by atoms with Crippen LogP contribution in [0.5, 0.6) is 0 Å². The Labute approximate surface area is 226 Å². The average Bonchev–Trinajstić information content (AvgIpc) is 3.28. The van der Waals surface area contributed by atoms with Crippen LogP contribution in [0.4, 0.5) is 4.79 Å². The lowest BCUT2D eigenvalue weighted by Crippen LogP contribution is -2.55. The van der Waals surface area contributed by atoms with Gasteiger partial charge in [-0.3, -0.25) is 4.90 Å². The Balaban J connectivity index is 1.79. The number of hydrogen-bond acceptors (Lipinski definition) is 7. The number of unbranched alkanes of at least 4 members (excludes halogenated alkanes) is 1. The van der Waals surface area contributed by atoms with E-state index in [2.05, 4.69) is 10.0 Å². The summed E-state index contributed by atoms with van der Waals surface area (Å²) < 4.78 is 23.6. The van der Waals surface area contributed by atoms with Gasteiger partial charge >= 0.3 is 19.2 Å². The predicted molar refractivity (Wildman–Crippen MR) is 144 cm³/mol. The first kappa shape index (κ1) is 29.8. The second-order valence-electron chi connectivity index (χ2n) is 12.2. The molecule has 2 fully saturated rings. The van der Waals surface area contributed by atoms with Crippen LogP contribution in [0.2, 0.25) is 6.32 Å². The number of benzene rings is 1.